The summed E-state index contributed by atoms with van der Waals surface area (Å²) >= 11 is 0. The molecule has 188 valence electrons. The van der Waals surface area contributed by atoms with Gasteiger partial charge in [-0.3, -0.25) is 0 Å². The maximum absolute atomic E-state index is 6.60. The Balaban J connectivity index is 1.35. The number of hydrogen-bond donors (Lipinski definition) is 0. The Morgan fingerprint density at radius 3 is 1.83 bits per heavy atom. The van der Waals surface area contributed by atoms with Gasteiger partial charge in [0.2, 0.25) is 0 Å². The smallest absolute Gasteiger partial charge is 0.152 e. The van der Waals surface area contributed by atoms with Crippen molar-refractivity contribution in [1.82, 2.24) is 0 Å². The Morgan fingerprint density at radius 1 is 0.667 bits per heavy atom. The molecule has 2 aliphatic rings. The van der Waals surface area contributed by atoms with Gasteiger partial charge in [0.15, 0.2) is 6.10 Å². The summed E-state index contributed by atoms with van der Waals surface area (Å²) in [6.45, 7) is 1.87. The molecule has 5 nitrogen and oxygen atoms in total. The minimum atomic E-state index is -0.350. The van der Waals surface area contributed by atoms with Crippen LogP contribution in [0.5, 0.6) is 0 Å². The first kappa shape index (κ1) is 24.7. The van der Waals surface area contributed by atoms with E-state index in [-0.39, 0.29) is 30.5 Å². The fourth-order valence-electron chi connectivity index (χ4n) is 4.79. The number of allylic oxidation sites excluding steroid dienone is 1. The van der Waals surface area contributed by atoms with E-state index in [1.54, 1.807) is 6.26 Å². The zero-order valence-corrected chi connectivity index (χ0v) is 20.5. The van der Waals surface area contributed by atoms with E-state index in [2.05, 4.69) is 42.5 Å². The van der Waals surface area contributed by atoms with Crippen molar-refractivity contribution in [2.75, 3.05) is 6.61 Å². The lowest BCUT2D eigenvalue weighted by atomic mass is 9.92. The lowest BCUT2D eigenvalue weighted by molar-refractivity contribution is -0.261. The van der Waals surface area contributed by atoms with Crippen molar-refractivity contribution in [2.45, 2.75) is 63.2 Å². The van der Waals surface area contributed by atoms with Gasteiger partial charge in [0.1, 0.15) is 18.3 Å². The van der Waals surface area contributed by atoms with Crippen LogP contribution in [-0.2, 0) is 43.5 Å². The molecule has 0 N–H and O–H groups in total. The first-order valence-electron chi connectivity index (χ1n) is 12.8. The van der Waals surface area contributed by atoms with Crippen LogP contribution >= 0.6 is 0 Å². The van der Waals surface area contributed by atoms with Crippen molar-refractivity contribution in [2.24, 2.45) is 0 Å². The molecule has 2 aliphatic heterocycles. The van der Waals surface area contributed by atoms with Crippen LogP contribution in [0, 0.1) is 0 Å². The number of benzene rings is 3. The third-order valence-electron chi connectivity index (χ3n) is 6.64. The third-order valence-corrected chi connectivity index (χ3v) is 6.64. The number of hydrogen-bond acceptors (Lipinski definition) is 5. The van der Waals surface area contributed by atoms with Gasteiger partial charge in [0.05, 0.1) is 38.8 Å². The van der Waals surface area contributed by atoms with E-state index in [0.29, 0.717) is 26.4 Å². The monoisotopic (exact) mass is 486 g/mol. The molecule has 3 aromatic rings. The molecule has 0 radical (unpaired) electrons. The van der Waals surface area contributed by atoms with Crippen molar-refractivity contribution >= 4 is 0 Å². The van der Waals surface area contributed by atoms with Gasteiger partial charge >= 0.3 is 0 Å². The van der Waals surface area contributed by atoms with Crippen LogP contribution in [0.15, 0.2) is 103 Å². The van der Waals surface area contributed by atoms with Gasteiger partial charge in [-0.25, -0.2) is 0 Å². The maximum Gasteiger partial charge on any atom is 0.152 e. The van der Waals surface area contributed by atoms with Gasteiger partial charge in [0, 0.05) is 0 Å². The minimum absolute atomic E-state index is 0.0947. The molecule has 0 saturated carbocycles. The maximum atomic E-state index is 6.60. The highest BCUT2D eigenvalue weighted by Gasteiger charge is 2.48. The molecule has 0 amide bonds. The number of fused-ring (bicyclic) bond motifs is 1. The van der Waals surface area contributed by atoms with Crippen molar-refractivity contribution in [3.63, 3.8) is 0 Å². The molecule has 5 heteroatoms. The molecule has 0 unspecified atom stereocenters. The van der Waals surface area contributed by atoms with Crippen molar-refractivity contribution < 1.29 is 23.7 Å². The standard InChI is InChI=1S/C31H34O5/c1-4-12-24(13-5-1)20-32-23-28-30(34-21-25-14-6-2-7-15-25)31(35-22-26-16-8-3-9-17-26)29-27(36-28)18-10-11-19-33-29/h1-9,11-17,19,27-31H,10,18,20-23H2/t27-,28+,29-,30+,31+/m0/s1. The molecule has 0 bridgehead atoms. The summed E-state index contributed by atoms with van der Waals surface area (Å²) in [5.74, 6) is 0. The van der Waals surface area contributed by atoms with Crippen LogP contribution < -0.4 is 0 Å². The molecule has 5 rings (SSSR count). The van der Waals surface area contributed by atoms with E-state index < -0.39 is 0 Å². The van der Waals surface area contributed by atoms with E-state index >= 15 is 0 Å². The zero-order chi connectivity index (χ0) is 24.4. The highest BCUT2D eigenvalue weighted by molar-refractivity contribution is 5.15. The molecule has 0 aliphatic carbocycles. The van der Waals surface area contributed by atoms with E-state index in [1.165, 1.54) is 0 Å². The molecular formula is C31H34O5. The SMILES string of the molecule is C1=CO[C@@H]2[C@@H](OCc3ccccc3)[C@H](OCc3ccccc3)[C@@H](COCc3ccccc3)O[C@H]2CC1. The molecule has 1 saturated heterocycles. The average Bonchev–Trinajstić information content (AvgIpc) is 3.18. The van der Waals surface area contributed by atoms with E-state index in [9.17, 15) is 0 Å². The first-order chi connectivity index (χ1) is 17.9. The summed E-state index contributed by atoms with van der Waals surface area (Å²) in [6, 6.07) is 30.6. The van der Waals surface area contributed by atoms with Gasteiger partial charge in [-0.2, -0.15) is 0 Å². The molecule has 2 heterocycles. The summed E-state index contributed by atoms with van der Waals surface area (Å²) < 4.78 is 32.0. The molecule has 3 aromatic carbocycles. The summed E-state index contributed by atoms with van der Waals surface area (Å²) in [7, 11) is 0. The van der Waals surface area contributed by atoms with Gasteiger partial charge in [-0.1, -0.05) is 91.0 Å². The molecule has 5 atom stereocenters. The predicted molar refractivity (Wildman–Crippen MR) is 138 cm³/mol. The number of rotatable bonds is 10. The fraction of sp³-hybridized carbons (Fsp3) is 0.355. The van der Waals surface area contributed by atoms with Crippen LogP contribution in [0.4, 0.5) is 0 Å². The van der Waals surface area contributed by atoms with Crippen molar-refractivity contribution in [3.05, 3.63) is 120 Å². The van der Waals surface area contributed by atoms with Crippen LogP contribution in [0.3, 0.4) is 0 Å². The fourth-order valence-corrected chi connectivity index (χ4v) is 4.79. The molecule has 0 aromatic heterocycles. The molecule has 1 fully saturated rings. The lowest BCUT2D eigenvalue weighted by Gasteiger charge is -2.45. The lowest BCUT2D eigenvalue weighted by Crippen LogP contribution is -2.60. The number of ether oxygens (including phenoxy) is 5. The Morgan fingerprint density at radius 2 is 1.22 bits per heavy atom. The average molecular weight is 487 g/mol. The van der Waals surface area contributed by atoms with Crippen LogP contribution in [0.2, 0.25) is 0 Å². The summed E-state index contributed by atoms with van der Waals surface area (Å²) in [5.41, 5.74) is 3.35. The van der Waals surface area contributed by atoms with E-state index in [4.69, 9.17) is 23.7 Å². The third kappa shape index (κ3) is 6.62. The van der Waals surface area contributed by atoms with Gasteiger partial charge in [0.25, 0.3) is 0 Å². The highest BCUT2D eigenvalue weighted by Crippen LogP contribution is 2.33. The van der Waals surface area contributed by atoms with Crippen molar-refractivity contribution in [3.8, 4) is 0 Å². The first-order valence-corrected chi connectivity index (χ1v) is 12.8. The second-order valence-corrected chi connectivity index (χ2v) is 9.29. The predicted octanol–water partition coefficient (Wildman–Crippen LogP) is 5.83. The Hall–Kier alpha value is -2.96. The minimum Gasteiger partial charge on any atom is -0.493 e. The molecule has 36 heavy (non-hydrogen) atoms. The normalized spacial score (nSPS) is 25.5. The van der Waals surface area contributed by atoms with E-state index in [1.807, 2.05) is 54.6 Å². The van der Waals surface area contributed by atoms with E-state index in [0.717, 1.165) is 29.5 Å². The zero-order valence-electron chi connectivity index (χ0n) is 20.5. The topological polar surface area (TPSA) is 46.2 Å². The Bertz CT molecular complexity index is 1060. The summed E-state index contributed by atoms with van der Waals surface area (Å²) in [6.07, 6.45) is 4.33. The van der Waals surface area contributed by atoms with Crippen LogP contribution in [-0.4, -0.2) is 37.1 Å². The van der Waals surface area contributed by atoms with Crippen LogP contribution in [0.25, 0.3) is 0 Å². The largest absolute Gasteiger partial charge is 0.493 e. The molecular weight excluding hydrogens is 452 g/mol. The van der Waals surface area contributed by atoms with Crippen LogP contribution in [0.1, 0.15) is 29.5 Å². The van der Waals surface area contributed by atoms with Crippen molar-refractivity contribution in [1.29, 1.82) is 0 Å². The van der Waals surface area contributed by atoms with Gasteiger partial charge in [-0.05, 0) is 35.6 Å². The second-order valence-electron chi connectivity index (χ2n) is 9.29. The Labute approximate surface area is 213 Å². The molecule has 0 spiro atoms. The van der Waals surface area contributed by atoms with Gasteiger partial charge < -0.3 is 23.7 Å². The second kappa shape index (κ2) is 12.8. The Kier molecular flexibility index (Phi) is 8.81. The van der Waals surface area contributed by atoms with Gasteiger partial charge in [-0.15, -0.1) is 0 Å². The highest BCUT2D eigenvalue weighted by atomic mass is 16.6. The quantitative estimate of drug-likeness (QED) is 0.361. The summed E-state index contributed by atoms with van der Waals surface area (Å²) in [5, 5.41) is 0. The summed E-state index contributed by atoms with van der Waals surface area (Å²) in [4.78, 5) is 0.